The zero-order valence-corrected chi connectivity index (χ0v) is 11.3. The van der Waals surface area contributed by atoms with Gasteiger partial charge in [0.05, 0.1) is 17.1 Å². The van der Waals surface area contributed by atoms with Gasteiger partial charge in [-0.15, -0.1) is 0 Å². The summed E-state index contributed by atoms with van der Waals surface area (Å²) in [5, 5.41) is 13.9. The highest BCUT2D eigenvalue weighted by atomic mass is 16.6. The van der Waals surface area contributed by atoms with Gasteiger partial charge in [-0.2, -0.15) is 0 Å². The lowest BCUT2D eigenvalue weighted by Gasteiger charge is -2.18. The molecule has 1 N–H and O–H groups in total. The van der Waals surface area contributed by atoms with Crippen LogP contribution in [-0.4, -0.2) is 17.6 Å². The van der Waals surface area contributed by atoms with E-state index < -0.39 is 4.92 Å². The third kappa shape index (κ3) is 3.91. The Morgan fingerprint density at radius 1 is 1.33 bits per heavy atom. The fraction of sp³-hybridized carbons (Fsp3) is 0.538. The van der Waals surface area contributed by atoms with Crippen LogP contribution in [0.4, 0.5) is 11.4 Å². The van der Waals surface area contributed by atoms with Crippen molar-refractivity contribution in [1.82, 2.24) is 0 Å². The molecule has 1 unspecified atom stereocenters. The normalized spacial score (nSPS) is 12.3. The van der Waals surface area contributed by atoms with Crippen molar-refractivity contribution < 1.29 is 9.66 Å². The molecule has 0 fully saturated rings. The summed E-state index contributed by atoms with van der Waals surface area (Å²) in [7, 11) is 0. The molecule has 1 aromatic rings. The molecular weight excluding hydrogens is 232 g/mol. The van der Waals surface area contributed by atoms with Gasteiger partial charge in [-0.3, -0.25) is 10.1 Å². The van der Waals surface area contributed by atoms with Gasteiger partial charge in [0, 0.05) is 24.4 Å². The highest BCUT2D eigenvalue weighted by Gasteiger charge is 2.14. The van der Waals surface area contributed by atoms with Crippen LogP contribution in [-0.2, 0) is 0 Å². The lowest BCUT2D eigenvalue weighted by Crippen LogP contribution is -2.18. The van der Waals surface area contributed by atoms with Crippen LogP contribution < -0.4 is 10.1 Å². The molecule has 0 saturated carbocycles. The first-order valence-corrected chi connectivity index (χ1v) is 6.14. The monoisotopic (exact) mass is 252 g/mol. The summed E-state index contributed by atoms with van der Waals surface area (Å²) >= 11 is 0. The SMILES string of the molecule is CCNc1cc(OC(C)C(C)C)cc([N+](=O)[O-])c1. The number of nitrogens with zero attached hydrogens (tertiary/aromatic N) is 1. The minimum Gasteiger partial charge on any atom is -0.490 e. The van der Waals surface area contributed by atoms with E-state index in [4.69, 9.17) is 4.74 Å². The van der Waals surface area contributed by atoms with Crippen LogP contribution in [0.5, 0.6) is 5.75 Å². The second-order valence-corrected chi connectivity index (χ2v) is 4.57. The molecule has 0 aliphatic carbocycles. The first kappa shape index (κ1) is 14.3. The molecule has 0 aliphatic rings. The Balaban J connectivity index is 2.99. The van der Waals surface area contributed by atoms with Crippen LogP contribution in [0.15, 0.2) is 18.2 Å². The third-order valence-corrected chi connectivity index (χ3v) is 2.74. The maximum Gasteiger partial charge on any atom is 0.275 e. The Labute approximate surface area is 107 Å². The number of nitro benzene ring substituents is 1. The van der Waals surface area contributed by atoms with Crippen LogP contribution in [0.1, 0.15) is 27.7 Å². The number of hydrogen-bond acceptors (Lipinski definition) is 4. The third-order valence-electron chi connectivity index (χ3n) is 2.74. The molecular formula is C13H20N2O3. The van der Waals surface area contributed by atoms with Crippen molar-refractivity contribution in [2.24, 2.45) is 5.92 Å². The highest BCUT2D eigenvalue weighted by Crippen LogP contribution is 2.27. The number of rotatable bonds is 6. The second-order valence-electron chi connectivity index (χ2n) is 4.57. The Kier molecular flexibility index (Phi) is 4.95. The zero-order valence-electron chi connectivity index (χ0n) is 11.3. The quantitative estimate of drug-likeness (QED) is 0.622. The minimum absolute atomic E-state index is 0.0153. The summed E-state index contributed by atoms with van der Waals surface area (Å²) < 4.78 is 5.71. The summed E-state index contributed by atoms with van der Waals surface area (Å²) in [6, 6.07) is 4.76. The first-order chi connectivity index (χ1) is 8.43. The molecule has 0 radical (unpaired) electrons. The molecule has 5 heteroatoms. The van der Waals surface area contributed by atoms with Crippen LogP contribution in [0.2, 0.25) is 0 Å². The molecule has 0 amide bonds. The molecule has 0 spiro atoms. The van der Waals surface area contributed by atoms with E-state index in [1.807, 2.05) is 27.7 Å². The van der Waals surface area contributed by atoms with Gasteiger partial charge in [0.2, 0.25) is 0 Å². The topological polar surface area (TPSA) is 64.4 Å². The van der Waals surface area contributed by atoms with E-state index in [9.17, 15) is 10.1 Å². The lowest BCUT2D eigenvalue weighted by atomic mass is 10.1. The van der Waals surface area contributed by atoms with Crippen LogP contribution in [0.3, 0.4) is 0 Å². The van der Waals surface area contributed by atoms with E-state index in [1.54, 1.807) is 6.07 Å². The molecule has 0 aromatic heterocycles. The largest absolute Gasteiger partial charge is 0.490 e. The fourth-order valence-corrected chi connectivity index (χ4v) is 1.41. The zero-order chi connectivity index (χ0) is 13.7. The Hall–Kier alpha value is -1.78. The Bertz CT molecular complexity index is 419. The summed E-state index contributed by atoms with van der Waals surface area (Å²) in [4.78, 5) is 10.4. The van der Waals surface area contributed by atoms with E-state index in [0.717, 1.165) is 0 Å². The number of nitro groups is 1. The summed E-state index contributed by atoms with van der Waals surface area (Å²) in [6.07, 6.45) is 0.0153. The molecule has 1 rings (SSSR count). The molecule has 5 nitrogen and oxygen atoms in total. The first-order valence-electron chi connectivity index (χ1n) is 6.14. The maximum absolute atomic E-state index is 10.9. The predicted octanol–water partition coefficient (Wildman–Crippen LogP) is 3.45. The van der Waals surface area contributed by atoms with E-state index in [-0.39, 0.29) is 11.8 Å². The lowest BCUT2D eigenvalue weighted by molar-refractivity contribution is -0.384. The number of hydrogen-bond donors (Lipinski definition) is 1. The molecule has 100 valence electrons. The van der Waals surface area contributed by atoms with Crippen LogP contribution in [0.25, 0.3) is 0 Å². The van der Waals surface area contributed by atoms with E-state index in [2.05, 4.69) is 5.32 Å². The number of anilines is 1. The molecule has 1 aromatic carbocycles. The van der Waals surface area contributed by atoms with Gasteiger partial charge in [-0.25, -0.2) is 0 Å². The second kappa shape index (κ2) is 6.23. The smallest absolute Gasteiger partial charge is 0.275 e. The van der Waals surface area contributed by atoms with E-state index in [0.29, 0.717) is 23.9 Å². The van der Waals surface area contributed by atoms with E-state index >= 15 is 0 Å². The van der Waals surface area contributed by atoms with Crippen LogP contribution >= 0.6 is 0 Å². The van der Waals surface area contributed by atoms with Crippen molar-refractivity contribution in [2.75, 3.05) is 11.9 Å². The molecule has 0 heterocycles. The number of nitrogens with one attached hydrogen (secondary N) is 1. The molecule has 1 atom stereocenters. The number of ether oxygens (including phenoxy) is 1. The van der Waals surface area contributed by atoms with Gasteiger partial charge in [0.25, 0.3) is 5.69 Å². The summed E-state index contributed by atoms with van der Waals surface area (Å²) in [6.45, 7) is 8.70. The number of non-ortho nitro benzene ring substituents is 1. The van der Waals surface area contributed by atoms with E-state index in [1.165, 1.54) is 12.1 Å². The Morgan fingerprint density at radius 2 is 2.00 bits per heavy atom. The number of benzene rings is 1. The van der Waals surface area contributed by atoms with Crippen molar-refractivity contribution >= 4 is 11.4 Å². The summed E-state index contributed by atoms with van der Waals surface area (Å²) in [5.41, 5.74) is 0.747. The molecule has 0 saturated heterocycles. The van der Waals surface area contributed by atoms with Crippen molar-refractivity contribution in [3.8, 4) is 5.75 Å². The average Bonchev–Trinajstić information content (AvgIpc) is 2.28. The van der Waals surface area contributed by atoms with Crippen molar-refractivity contribution in [1.29, 1.82) is 0 Å². The minimum atomic E-state index is -0.409. The fourth-order valence-electron chi connectivity index (χ4n) is 1.41. The van der Waals surface area contributed by atoms with Crippen molar-refractivity contribution in [3.63, 3.8) is 0 Å². The highest BCUT2D eigenvalue weighted by molar-refractivity contribution is 5.56. The summed E-state index contributed by atoms with van der Waals surface area (Å²) in [5.74, 6) is 0.883. The van der Waals surface area contributed by atoms with Gasteiger partial charge < -0.3 is 10.1 Å². The molecule has 0 bridgehead atoms. The van der Waals surface area contributed by atoms with Crippen LogP contribution in [0, 0.1) is 16.0 Å². The molecule has 18 heavy (non-hydrogen) atoms. The van der Waals surface area contributed by atoms with Gasteiger partial charge in [-0.05, 0) is 19.8 Å². The van der Waals surface area contributed by atoms with Crippen molar-refractivity contribution in [3.05, 3.63) is 28.3 Å². The van der Waals surface area contributed by atoms with Gasteiger partial charge in [0.1, 0.15) is 5.75 Å². The molecule has 0 aliphatic heterocycles. The standard InChI is InChI=1S/C13H20N2O3/c1-5-14-11-6-12(15(16)17)8-13(7-11)18-10(4)9(2)3/h6-10,14H,5H2,1-4H3. The van der Waals surface area contributed by atoms with Gasteiger partial charge in [0.15, 0.2) is 0 Å². The van der Waals surface area contributed by atoms with Gasteiger partial charge in [-0.1, -0.05) is 13.8 Å². The Morgan fingerprint density at radius 3 is 2.50 bits per heavy atom. The van der Waals surface area contributed by atoms with Crippen molar-refractivity contribution in [2.45, 2.75) is 33.8 Å². The average molecular weight is 252 g/mol. The maximum atomic E-state index is 10.9. The predicted molar refractivity (Wildman–Crippen MR) is 72.2 cm³/mol. The van der Waals surface area contributed by atoms with Gasteiger partial charge >= 0.3 is 0 Å².